The average Bonchev–Trinajstić information content (AvgIpc) is 3.31. The number of hydrogen-bond acceptors (Lipinski definition) is 5. The predicted octanol–water partition coefficient (Wildman–Crippen LogP) is 3.04. The van der Waals surface area contributed by atoms with Crippen LogP contribution in [0.2, 0.25) is 0 Å². The summed E-state index contributed by atoms with van der Waals surface area (Å²) in [6.45, 7) is 0.960. The lowest BCUT2D eigenvalue weighted by Gasteiger charge is -2.20. The molecule has 0 unspecified atom stereocenters. The zero-order chi connectivity index (χ0) is 17.2. The lowest BCUT2D eigenvalue weighted by molar-refractivity contribution is 0.0860. The third kappa shape index (κ3) is 3.14. The summed E-state index contributed by atoms with van der Waals surface area (Å²) in [5.41, 5.74) is 3.53. The van der Waals surface area contributed by atoms with Crippen LogP contribution in [0, 0.1) is 0 Å². The molecule has 25 heavy (non-hydrogen) atoms. The molecular formula is C19H22N2O4. The first kappa shape index (κ1) is 16.1. The largest absolute Gasteiger partial charge is 0.508 e. The number of carbonyl (C=O) groups excluding carboxylic acids is 1. The minimum atomic E-state index is -0.299. The number of rotatable bonds is 4. The van der Waals surface area contributed by atoms with Gasteiger partial charge in [-0.2, -0.15) is 0 Å². The number of fused-ring (bicyclic) bond motifs is 1. The predicted molar refractivity (Wildman–Crippen MR) is 90.3 cm³/mol. The summed E-state index contributed by atoms with van der Waals surface area (Å²) in [4.78, 5) is 16.6. The second kappa shape index (κ2) is 6.88. The molecule has 6 nitrogen and oxygen atoms in total. The van der Waals surface area contributed by atoms with Crippen LogP contribution in [0.15, 0.2) is 22.9 Å². The van der Waals surface area contributed by atoms with E-state index in [1.165, 1.54) is 23.9 Å². The van der Waals surface area contributed by atoms with E-state index < -0.39 is 0 Å². The van der Waals surface area contributed by atoms with Crippen LogP contribution in [0.4, 0.5) is 0 Å². The van der Waals surface area contributed by atoms with Crippen molar-refractivity contribution in [2.45, 2.75) is 51.2 Å². The van der Waals surface area contributed by atoms with Crippen LogP contribution in [-0.4, -0.2) is 22.6 Å². The van der Waals surface area contributed by atoms with Crippen LogP contribution in [0.3, 0.4) is 0 Å². The second-order valence-electron chi connectivity index (χ2n) is 6.66. The van der Waals surface area contributed by atoms with Gasteiger partial charge in [-0.25, -0.2) is 4.98 Å². The number of amides is 1. The maximum Gasteiger partial charge on any atom is 0.273 e. The fourth-order valence-electron chi connectivity index (χ4n) is 3.78. The molecule has 0 radical (unpaired) electrons. The highest BCUT2D eigenvalue weighted by Gasteiger charge is 2.28. The minimum absolute atomic E-state index is 0.193. The van der Waals surface area contributed by atoms with Gasteiger partial charge < -0.3 is 19.6 Å². The summed E-state index contributed by atoms with van der Waals surface area (Å²) in [7, 11) is 0. The summed E-state index contributed by atoms with van der Waals surface area (Å²) < 4.78 is 11.0. The van der Waals surface area contributed by atoms with Gasteiger partial charge >= 0.3 is 0 Å². The molecule has 1 atom stereocenters. The van der Waals surface area contributed by atoms with E-state index in [1.807, 2.05) is 6.07 Å². The van der Waals surface area contributed by atoms with Crippen LogP contribution < -0.4 is 5.32 Å². The van der Waals surface area contributed by atoms with Crippen molar-refractivity contribution in [1.82, 2.24) is 10.3 Å². The number of nitrogens with zero attached hydrogens (tertiary/aromatic N) is 1. The highest BCUT2D eigenvalue weighted by Crippen LogP contribution is 2.32. The number of aromatic hydroxyl groups is 1. The van der Waals surface area contributed by atoms with Gasteiger partial charge in [0.05, 0.1) is 0 Å². The summed E-state index contributed by atoms with van der Waals surface area (Å²) in [6, 6.07) is 3.71. The maximum absolute atomic E-state index is 12.6. The van der Waals surface area contributed by atoms with Crippen molar-refractivity contribution in [3.63, 3.8) is 0 Å². The maximum atomic E-state index is 12.6. The van der Waals surface area contributed by atoms with Crippen molar-refractivity contribution in [3.05, 3.63) is 46.7 Å². The Morgan fingerprint density at radius 2 is 2.16 bits per heavy atom. The summed E-state index contributed by atoms with van der Waals surface area (Å²) in [5, 5.41) is 13.1. The lowest BCUT2D eigenvalue weighted by atomic mass is 9.87. The number of carbonyl (C=O) groups is 1. The molecule has 2 aliphatic rings. The molecule has 132 valence electrons. The topological polar surface area (TPSA) is 84.6 Å². The Hall–Kier alpha value is -2.34. The molecule has 1 aromatic heterocycles. The van der Waals surface area contributed by atoms with Gasteiger partial charge in [-0.3, -0.25) is 4.79 Å². The quantitative estimate of drug-likeness (QED) is 0.892. The fourth-order valence-corrected chi connectivity index (χ4v) is 3.78. The monoisotopic (exact) mass is 342 g/mol. The van der Waals surface area contributed by atoms with E-state index >= 15 is 0 Å². The standard InChI is InChI=1S/C19H22N2O4/c22-15-8-7-12-4-1-2-5-13(12)14(15)10-20-19(23)17-18(25-11-21-17)16-6-3-9-24-16/h7-8,11,16,22H,1-6,9-10H2,(H,20,23)/t16-/m1/s1. The third-order valence-electron chi connectivity index (χ3n) is 5.08. The Kier molecular flexibility index (Phi) is 4.44. The normalized spacial score (nSPS) is 19.6. The van der Waals surface area contributed by atoms with Crippen LogP contribution in [0.5, 0.6) is 5.75 Å². The number of phenols is 1. The van der Waals surface area contributed by atoms with Crippen LogP contribution in [0.1, 0.15) is 64.7 Å². The Balaban J connectivity index is 1.51. The van der Waals surface area contributed by atoms with Crippen molar-refractivity contribution in [1.29, 1.82) is 0 Å². The molecule has 1 aliphatic heterocycles. The number of ether oxygens (including phenoxy) is 1. The summed E-state index contributed by atoms with van der Waals surface area (Å²) >= 11 is 0. The second-order valence-corrected chi connectivity index (χ2v) is 6.66. The lowest BCUT2D eigenvalue weighted by Crippen LogP contribution is -2.25. The number of aromatic nitrogens is 1. The molecule has 6 heteroatoms. The number of nitrogens with one attached hydrogen (secondary N) is 1. The van der Waals surface area contributed by atoms with Crippen LogP contribution in [0.25, 0.3) is 0 Å². The first-order valence-electron chi connectivity index (χ1n) is 8.90. The smallest absolute Gasteiger partial charge is 0.273 e. The molecule has 2 heterocycles. The highest BCUT2D eigenvalue weighted by molar-refractivity contribution is 5.93. The Morgan fingerprint density at radius 1 is 1.28 bits per heavy atom. The molecular weight excluding hydrogens is 320 g/mol. The summed E-state index contributed by atoms with van der Waals surface area (Å²) in [6.07, 6.45) is 7.15. The van der Waals surface area contributed by atoms with Crippen molar-refractivity contribution < 1.29 is 19.1 Å². The molecule has 1 fully saturated rings. The van der Waals surface area contributed by atoms with Gasteiger partial charge in [0.1, 0.15) is 11.9 Å². The third-order valence-corrected chi connectivity index (χ3v) is 5.08. The number of phenolic OH excluding ortho intramolecular Hbond substituents is 1. The minimum Gasteiger partial charge on any atom is -0.508 e. The average molecular weight is 342 g/mol. The van der Waals surface area contributed by atoms with Crippen LogP contribution >= 0.6 is 0 Å². The number of aryl methyl sites for hydroxylation is 1. The van der Waals surface area contributed by atoms with Crippen molar-refractivity contribution in [3.8, 4) is 5.75 Å². The molecule has 4 rings (SSSR count). The van der Waals surface area contributed by atoms with E-state index in [2.05, 4.69) is 10.3 Å². The first-order chi connectivity index (χ1) is 12.2. The van der Waals surface area contributed by atoms with Crippen molar-refractivity contribution >= 4 is 5.91 Å². The van der Waals surface area contributed by atoms with E-state index in [4.69, 9.17) is 9.15 Å². The van der Waals surface area contributed by atoms with Gasteiger partial charge in [-0.15, -0.1) is 0 Å². The number of hydrogen-bond donors (Lipinski definition) is 2. The molecule has 1 saturated heterocycles. The van der Waals surface area contributed by atoms with E-state index in [1.54, 1.807) is 6.07 Å². The van der Waals surface area contributed by atoms with Gasteiger partial charge in [0.15, 0.2) is 17.8 Å². The zero-order valence-electron chi connectivity index (χ0n) is 14.1. The number of benzene rings is 1. The van der Waals surface area contributed by atoms with Crippen molar-refractivity contribution in [2.75, 3.05) is 6.61 Å². The van der Waals surface area contributed by atoms with E-state index in [-0.39, 0.29) is 30.0 Å². The first-order valence-corrected chi connectivity index (χ1v) is 8.90. The summed E-state index contributed by atoms with van der Waals surface area (Å²) in [5.74, 6) is 0.432. The molecule has 2 aromatic rings. The van der Waals surface area contributed by atoms with Gasteiger partial charge in [0, 0.05) is 18.7 Å². The molecule has 0 bridgehead atoms. The molecule has 0 saturated carbocycles. The zero-order valence-corrected chi connectivity index (χ0v) is 14.1. The number of oxazole rings is 1. The Bertz CT molecular complexity index is 778. The van der Waals surface area contributed by atoms with Gasteiger partial charge in [0.25, 0.3) is 5.91 Å². The molecule has 1 aromatic carbocycles. The van der Waals surface area contributed by atoms with E-state index in [0.717, 1.165) is 37.7 Å². The fraction of sp³-hybridized carbons (Fsp3) is 0.474. The molecule has 1 aliphatic carbocycles. The SMILES string of the molecule is O=C(NCc1c(O)ccc2c1CCCC2)c1ncoc1[C@H]1CCCO1. The Labute approximate surface area is 146 Å². The Morgan fingerprint density at radius 3 is 3.00 bits per heavy atom. The molecule has 0 spiro atoms. The van der Waals surface area contributed by atoms with Gasteiger partial charge in [-0.1, -0.05) is 6.07 Å². The van der Waals surface area contributed by atoms with Crippen LogP contribution in [-0.2, 0) is 24.1 Å². The van der Waals surface area contributed by atoms with E-state index in [0.29, 0.717) is 12.4 Å². The van der Waals surface area contributed by atoms with Gasteiger partial charge in [0.2, 0.25) is 0 Å². The molecule has 2 N–H and O–H groups in total. The van der Waals surface area contributed by atoms with E-state index in [9.17, 15) is 9.90 Å². The van der Waals surface area contributed by atoms with Gasteiger partial charge in [-0.05, 0) is 55.7 Å². The highest BCUT2D eigenvalue weighted by atomic mass is 16.5. The van der Waals surface area contributed by atoms with Crippen molar-refractivity contribution in [2.24, 2.45) is 0 Å². The molecule has 1 amide bonds.